The number of anilines is 1. The lowest BCUT2D eigenvalue weighted by Crippen LogP contribution is -2.08. The fourth-order valence-corrected chi connectivity index (χ4v) is 1.27. The molecular weight excluding hydrogens is 198 g/mol. The first-order chi connectivity index (χ1) is 7.15. The van der Waals surface area contributed by atoms with Gasteiger partial charge in [-0.2, -0.15) is 0 Å². The minimum atomic E-state index is -0.545. The van der Waals surface area contributed by atoms with Crippen LogP contribution in [0, 0.1) is 0 Å². The quantitative estimate of drug-likeness (QED) is 0.598. The average Bonchev–Trinajstić information content (AvgIpc) is 2.27. The number of nitrogen functional groups attached to an aromatic ring is 1. The van der Waals surface area contributed by atoms with Crippen LogP contribution in [0.1, 0.15) is 10.4 Å². The van der Waals surface area contributed by atoms with Crippen LogP contribution < -0.4 is 15.2 Å². The van der Waals surface area contributed by atoms with Crippen molar-refractivity contribution >= 4 is 11.7 Å². The molecular formula is C10H13NO4. The van der Waals surface area contributed by atoms with Gasteiger partial charge in [-0.05, 0) is 12.1 Å². The third-order valence-electron chi connectivity index (χ3n) is 1.96. The first kappa shape index (κ1) is 11.2. The van der Waals surface area contributed by atoms with Gasteiger partial charge in [-0.15, -0.1) is 0 Å². The van der Waals surface area contributed by atoms with Crippen molar-refractivity contribution in [2.24, 2.45) is 0 Å². The Balaban J connectivity index is 3.40. The van der Waals surface area contributed by atoms with Crippen LogP contribution in [0.15, 0.2) is 12.1 Å². The van der Waals surface area contributed by atoms with Crippen LogP contribution in [0.4, 0.5) is 5.69 Å². The van der Waals surface area contributed by atoms with E-state index >= 15 is 0 Å². The maximum atomic E-state index is 11.5. The number of nitrogens with two attached hydrogens (primary N) is 1. The lowest BCUT2D eigenvalue weighted by Gasteiger charge is -2.12. The standard InChI is InChI=1S/C10H13NO4/c1-13-7-5-4-6(11)9(14-2)8(7)10(12)15-3/h4-5H,11H2,1-3H3. The average molecular weight is 211 g/mol. The van der Waals surface area contributed by atoms with Crippen molar-refractivity contribution in [2.45, 2.75) is 0 Å². The molecule has 2 N–H and O–H groups in total. The molecule has 0 radical (unpaired) electrons. The van der Waals surface area contributed by atoms with Gasteiger partial charge in [-0.1, -0.05) is 0 Å². The van der Waals surface area contributed by atoms with E-state index in [-0.39, 0.29) is 11.3 Å². The summed E-state index contributed by atoms with van der Waals surface area (Å²) in [5.74, 6) is 0.0881. The molecule has 1 aromatic rings. The number of esters is 1. The lowest BCUT2D eigenvalue weighted by atomic mass is 10.1. The van der Waals surface area contributed by atoms with Gasteiger partial charge < -0.3 is 19.9 Å². The van der Waals surface area contributed by atoms with E-state index in [0.29, 0.717) is 11.4 Å². The number of rotatable bonds is 3. The maximum absolute atomic E-state index is 11.5. The molecule has 0 fully saturated rings. The largest absolute Gasteiger partial charge is 0.496 e. The Morgan fingerprint density at radius 2 is 1.87 bits per heavy atom. The van der Waals surface area contributed by atoms with E-state index in [1.54, 1.807) is 12.1 Å². The van der Waals surface area contributed by atoms with Crippen molar-refractivity contribution in [3.8, 4) is 11.5 Å². The molecule has 0 saturated heterocycles. The molecule has 0 heterocycles. The number of hydrogen-bond acceptors (Lipinski definition) is 5. The van der Waals surface area contributed by atoms with Gasteiger partial charge in [0.25, 0.3) is 0 Å². The summed E-state index contributed by atoms with van der Waals surface area (Å²) in [6.45, 7) is 0. The Labute approximate surface area is 87.7 Å². The van der Waals surface area contributed by atoms with Crippen molar-refractivity contribution in [1.82, 2.24) is 0 Å². The van der Waals surface area contributed by atoms with Crippen LogP contribution >= 0.6 is 0 Å². The summed E-state index contributed by atoms with van der Waals surface area (Å²) in [5, 5.41) is 0. The predicted octanol–water partition coefficient (Wildman–Crippen LogP) is 1.07. The summed E-state index contributed by atoms with van der Waals surface area (Å²) < 4.78 is 14.7. The van der Waals surface area contributed by atoms with Gasteiger partial charge in [-0.25, -0.2) is 4.79 Å². The number of carbonyl (C=O) groups excluding carboxylic acids is 1. The smallest absolute Gasteiger partial charge is 0.345 e. The Bertz CT molecular complexity index is 376. The van der Waals surface area contributed by atoms with Gasteiger partial charge in [0.05, 0.1) is 27.0 Å². The predicted molar refractivity (Wildman–Crippen MR) is 55.3 cm³/mol. The van der Waals surface area contributed by atoms with E-state index in [0.717, 1.165) is 0 Å². The van der Waals surface area contributed by atoms with Crippen molar-refractivity contribution in [1.29, 1.82) is 0 Å². The first-order valence-electron chi connectivity index (χ1n) is 4.24. The van der Waals surface area contributed by atoms with Crippen molar-refractivity contribution in [3.05, 3.63) is 17.7 Å². The first-order valence-corrected chi connectivity index (χ1v) is 4.24. The minimum absolute atomic E-state index is 0.197. The highest BCUT2D eigenvalue weighted by Gasteiger charge is 2.20. The molecule has 0 aliphatic carbocycles. The molecule has 1 rings (SSSR count). The third kappa shape index (κ3) is 1.96. The van der Waals surface area contributed by atoms with Crippen LogP contribution in [0.5, 0.6) is 11.5 Å². The highest BCUT2D eigenvalue weighted by molar-refractivity contribution is 5.97. The van der Waals surface area contributed by atoms with Crippen LogP contribution in [0.3, 0.4) is 0 Å². The van der Waals surface area contributed by atoms with Crippen molar-refractivity contribution < 1.29 is 19.0 Å². The van der Waals surface area contributed by atoms with Gasteiger partial charge in [-0.3, -0.25) is 0 Å². The molecule has 0 saturated carbocycles. The molecule has 5 heteroatoms. The SMILES string of the molecule is COC(=O)c1c(OC)ccc(N)c1OC. The Kier molecular flexibility index (Phi) is 3.38. The van der Waals surface area contributed by atoms with Gasteiger partial charge in [0.1, 0.15) is 11.3 Å². The molecule has 15 heavy (non-hydrogen) atoms. The van der Waals surface area contributed by atoms with E-state index in [1.807, 2.05) is 0 Å². The Hall–Kier alpha value is -1.91. The second-order valence-electron chi connectivity index (χ2n) is 2.76. The van der Waals surface area contributed by atoms with Crippen LogP contribution in [-0.2, 0) is 4.74 Å². The fraction of sp³-hybridized carbons (Fsp3) is 0.300. The molecule has 5 nitrogen and oxygen atoms in total. The summed E-state index contributed by atoms with van der Waals surface area (Å²) in [6.07, 6.45) is 0. The zero-order valence-electron chi connectivity index (χ0n) is 8.87. The molecule has 0 bridgehead atoms. The van der Waals surface area contributed by atoms with Crippen LogP contribution in [0.2, 0.25) is 0 Å². The lowest BCUT2D eigenvalue weighted by molar-refractivity contribution is 0.0593. The number of carbonyl (C=O) groups is 1. The van der Waals surface area contributed by atoms with E-state index in [2.05, 4.69) is 4.74 Å². The second kappa shape index (κ2) is 4.54. The topological polar surface area (TPSA) is 70.8 Å². The summed E-state index contributed by atoms with van der Waals surface area (Å²) in [4.78, 5) is 11.5. The number of methoxy groups -OCH3 is 3. The van der Waals surface area contributed by atoms with Gasteiger partial charge in [0.15, 0.2) is 5.75 Å². The molecule has 0 aliphatic rings. The fourth-order valence-electron chi connectivity index (χ4n) is 1.27. The summed E-state index contributed by atoms with van der Waals surface area (Å²) in [5.41, 5.74) is 6.22. The highest BCUT2D eigenvalue weighted by Crippen LogP contribution is 2.34. The van der Waals surface area contributed by atoms with Crippen molar-refractivity contribution in [2.75, 3.05) is 27.1 Å². The van der Waals surface area contributed by atoms with Crippen LogP contribution in [-0.4, -0.2) is 27.3 Å². The number of benzene rings is 1. The Morgan fingerprint density at radius 1 is 1.20 bits per heavy atom. The van der Waals surface area contributed by atoms with Gasteiger partial charge in [0.2, 0.25) is 0 Å². The molecule has 1 aromatic carbocycles. The zero-order chi connectivity index (χ0) is 11.4. The van der Waals surface area contributed by atoms with E-state index in [4.69, 9.17) is 15.2 Å². The maximum Gasteiger partial charge on any atom is 0.345 e. The monoisotopic (exact) mass is 211 g/mol. The highest BCUT2D eigenvalue weighted by atomic mass is 16.5. The van der Waals surface area contributed by atoms with E-state index in [1.165, 1.54) is 21.3 Å². The molecule has 0 amide bonds. The van der Waals surface area contributed by atoms with Gasteiger partial charge >= 0.3 is 5.97 Å². The summed E-state index contributed by atoms with van der Waals surface area (Å²) in [7, 11) is 4.17. The molecule has 0 aliphatic heterocycles. The number of hydrogen-bond donors (Lipinski definition) is 1. The molecule has 82 valence electrons. The van der Waals surface area contributed by atoms with E-state index < -0.39 is 5.97 Å². The minimum Gasteiger partial charge on any atom is -0.496 e. The van der Waals surface area contributed by atoms with Gasteiger partial charge in [0, 0.05) is 0 Å². The zero-order valence-corrected chi connectivity index (χ0v) is 8.87. The normalized spacial score (nSPS) is 9.53. The Morgan fingerprint density at radius 3 is 2.33 bits per heavy atom. The molecule has 0 unspecified atom stereocenters. The third-order valence-corrected chi connectivity index (χ3v) is 1.96. The molecule has 0 aromatic heterocycles. The molecule has 0 spiro atoms. The number of ether oxygens (including phenoxy) is 3. The summed E-state index contributed by atoms with van der Waals surface area (Å²) in [6, 6.07) is 3.19. The second-order valence-corrected chi connectivity index (χ2v) is 2.76. The van der Waals surface area contributed by atoms with Crippen molar-refractivity contribution in [3.63, 3.8) is 0 Å². The summed E-state index contributed by atoms with van der Waals surface area (Å²) >= 11 is 0. The van der Waals surface area contributed by atoms with Crippen LogP contribution in [0.25, 0.3) is 0 Å². The van der Waals surface area contributed by atoms with E-state index in [9.17, 15) is 4.79 Å². The molecule has 0 atom stereocenters.